The van der Waals surface area contributed by atoms with Crippen LogP contribution in [-0.4, -0.2) is 16.7 Å². The van der Waals surface area contributed by atoms with Crippen molar-refractivity contribution in [1.29, 1.82) is 0 Å². The lowest BCUT2D eigenvalue weighted by molar-refractivity contribution is -0.150. The van der Waals surface area contributed by atoms with Gasteiger partial charge in [-0.3, -0.25) is 0 Å². The molecule has 0 saturated carbocycles. The Morgan fingerprint density at radius 1 is 1.24 bits per heavy atom. The molecule has 1 N–H and O–H groups in total. The van der Waals surface area contributed by atoms with Gasteiger partial charge in [-0.25, -0.2) is 4.79 Å². The van der Waals surface area contributed by atoms with E-state index in [1.807, 2.05) is 39.0 Å². The molecule has 1 aromatic rings. The minimum atomic E-state index is -0.464. The average molecular weight is 288 g/mol. The Labute approximate surface area is 126 Å². The molecule has 0 spiro atoms. The fourth-order valence-corrected chi connectivity index (χ4v) is 2.68. The van der Waals surface area contributed by atoms with Gasteiger partial charge in [0.15, 0.2) is 0 Å². The van der Waals surface area contributed by atoms with E-state index in [0.717, 1.165) is 30.4 Å². The Balaban J connectivity index is 2.16. The normalized spacial score (nSPS) is 15.5. The second kappa shape index (κ2) is 6.44. The van der Waals surface area contributed by atoms with Crippen LogP contribution in [0.4, 0.5) is 0 Å². The first-order valence-corrected chi connectivity index (χ1v) is 7.53. The Morgan fingerprint density at radius 2 is 2.00 bits per heavy atom. The number of rotatable bonds is 2. The summed E-state index contributed by atoms with van der Waals surface area (Å²) in [6.45, 7) is 5.70. The van der Waals surface area contributed by atoms with E-state index in [9.17, 15) is 9.90 Å². The molecule has 3 nitrogen and oxygen atoms in total. The van der Waals surface area contributed by atoms with Crippen LogP contribution in [0.15, 0.2) is 29.8 Å². The molecule has 21 heavy (non-hydrogen) atoms. The lowest BCUT2D eigenvalue weighted by Crippen LogP contribution is -2.25. The van der Waals surface area contributed by atoms with Gasteiger partial charge < -0.3 is 9.84 Å². The van der Waals surface area contributed by atoms with Crippen LogP contribution in [0.2, 0.25) is 0 Å². The van der Waals surface area contributed by atoms with Gasteiger partial charge in [0.25, 0.3) is 0 Å². The number of hydrogen-bond acceptors (Lipinski definition) is 3. The number of ether oxygens (including phenoxy) is 1. The van der Waals surface area contributed by atoms with Gasteiger partial charge in [-0.1, -0.05) is 24.3 Å². The van der Waals surface area contributed by atoms with E-state index in [-0.39, 0.29) is 12.6 Å². The standard InChI is InChI=1S/C18H24O3/c1-18(2,3)21-17(20)14-8-4-6-13-7-5-9-15(12-19)16(13)11-10-14/h5,7-9,19H,4,6,10-12H2,1-3H3. The number of benzene rings is 1. The van der Waals surface area contributed by atoms with Gasteiger partial charge in [0.1, 0.15) is 5.60 Å². The monoisotopic (exact) mass is 288 g/mol. The number of hydrogen-bond donors (Lipinski definition) is 1. The van der Waals surface area contributed by atoms with E-state index in [4.69, 9.17) is 4.74 Å². The van der Waals surface area contributed by atoms with Gasteiger partial charge in [0.05, 0.1) is 6.61 Å². The lowest BCUT2D eigenvalue weighted by atomic mass is 9.90. The fraction of sp³-hybridized carbons (Fsp3) is 0.500. The number of aliphatic hydroxyl groups is 1. The van der Waals surface area contributed by atoms with Gasteiger partial charge in [-0.2, -0.15) is 0 Å². The molecule has 1 aromatic carbocycles. The molecule has 114 valence electrons. The molecule has 2 rings (SSSR count). The number of carbonyl (C=O) groups is 1. The number of allylic oxidation sites excluding steroid dienone is 1. The molecule has 0 aliphatic heterocycles. The van der Waals surface area contributed by atoms with Crippen molar-refractivity contribution in [2.45, 2.75) is 58.7 Å². The largest absolute Gasteiger partial charge is 0.457 e. The van der Waals surface area contributed by atoms with Crippen molar-refractivity contribution in [3.8, 4) is 0 Å². The third-order valence-corrected chi connectivity index (χ3v) is 3.65. The third kappa shape index (κ3) is 4.18. The van der Waals surface area contributed by atoms with E-state index in [0.29, 0.717) is 6.42 Å². The molecule has 0 bridgehead atoms. The predicted octanol–water partition coefficient (Wildman–Crippen LogP) is 3.33. The van der Waals surface area contributed by atoms with Crippen molar-refractivity contribution >= 4 is 5.97 Å². The summed E-state index contributed by atoms with van der Waals surface area (Å²) in [5, 5.41) is 9.48. The third-order valence-electron chi connectivity index (χ3n) is 3.65. The first-order chi connectivity index (χ1) is 9.90. The van der Waals surface area contributed by atoms with Crippen LogP contribution in [0, 0.1) is 0 Å². The highest BCUT2D eigenvalue weighted by atomic mass is 16.6. The summed E-state index contributed by atoms with van der Waals surface area (Å²) in [5.74, 6) is -0.215. The van der Waals surface area contributed by atoms with Crippen LogP contribution < -0.4 is 0 Å². The maximum Gasteiger partial charge on any atom is 0.334 e. The summed E-state index contributed by atoms with van der Waals surface area (Å²) in [5.41, 5.74) is 3.73. The molecule has 0 amide bonds. The maximum absolute atomic E-state index is 12.2. The van der Waals surface area contributed by atoms with E-state index < -0.39 is 5.60 Å². The summed E-state index contributed by atoms with van der Waals surface area (Å²) in [7, 11) is 0. The second-order valence-corrected chi connectivity index (χ2v) is 6.48. The Morgan fingerprint density at radius 3 is 2.67 bits per heavy atom. The topological polar surface area (TPSA) is 46.5 Å². The van der Waals surface area contributed by atoms with Crippen molar-refractivity contribution in [2.24, 2.45) is 0 Å². The fourth-order valence-electron chi connectivity index (χ4n) is 2.68. The highest BCUT2D eigenvalue weighted by Gasteiger charge is 2.21. The Kier molecular flexibility index (Phi) is 4.84. The molecule has 0 radical (unpaired) electrons. The molecule has 0 aromatic heterocycles. The molecule has 0 unspecified atom stereocenters. The quantitative estimate of drug-likeness (QED) is 0.849. The Hall–Kier alpha value is -1.61. The van der Waals surface area contributed by atoms with Crippen molar-refractivity contribution in [3.63, 3.8) is 0 Å². The van der Waals surface area contributed by atoms with E-state index in [2.05, 4.69) is 6.07 Å². The minimum Gasteiger partial charge on any atom is -0.457 e. The van der Waals surface area contributed by atoms with Crippen LogP contribution in [0.3, 0.4) is 0 Å². The highest BCUT2D eigenvalue weighted by molar-refractivity contribution is 5.88. The number of carbonyl (C=O) groups excluding carboxylic acids is 1. The smallest absolute Gasteiger partial charge is 0.334 e. The van der Waals surface area contributed by atoms with Crippen LogP contribution in [0.1, 0.15) is 50.3 Å². The van der Waals surface area contributed by atoms with Crippen LogP contribution >= 0.6 is 0 Å². The predicted molar refractivity (Wildman–Crippen MR) is 82.9 cm³/mol. The van der Waals surface area contributed by atoms with Gasteiger partial charge in [-0.15, -0.1) is 0 Å². The number of aliphatic hydroxyl groups excluding tert-OH is 1. The summed E-state index contributed by atoms with van der Waals surface area (Å²) in [6.07, 6.45) is 5.17. The first-order valence-electron chi connectivity index (χ1n) is 7.53. The second-order valence-electron chi connectivity index (χ2n) is 6.48. The van der Waals surface area contributed by atoms with Gasteiger partial charge in [-0.05, 0) is 63.1 Å². The molecule has 0 atom stereocenters. The molecule has 3 heteroatoms. The molecule has 1 aliphatic carbocycles. The average Bonchev–Trinajstić information content (AvgIpc) is 2.36. The molecule has 0 heterocycles. The van der Waals surface area contributed by atoms with Gasteiger partial charge in [0.2, 0.25) is 0 Å². The van der Waals surface area contributed by atoms with Crippen LogP contribution in [0.25, 0.3) is 0 Å². The highest BCUT2D eigenvalue weighted by Crippen LogP contribution is 2.25. The molecule has 0 saturated heterocycles. The minimum absolute atomic E-state index is 0.0503. The summed E-state index contributed by atoms with van der Waals surface area (Å²) >= 11 is 0. The van der Waals surface area contributed by atoms with Gasteiger partial charge >= 0.3 is 5.97 Å². The first kappa shape index (κ1) is 15.8. The lowest BCUT2D eigenvalue weighted by Gasteiger charge is -2.22. The summed E-state index contributed by atoms with van der Waals surface area (Å²) in [6, 6.07) is 6.06. The van der Waals surface area contributed by atoms with E-state index in [1.54, 1.807) is 0 Å². The number of fused-ring (bicyclic) bond motifs is 1. The number of esters is 1. The zero-order chi connectivity index (χ0) is 15.5. The van der Waals surface area contributed by atoms with Crippen molar-refractivity contribution in [3.05, 3.63) is 46.5 Å². The molecule has 0 fully saturated rings. The molecule has 1 aliphatic rings. The summed E-state index contributed by atoms with van der Waals surface area (Å²) in [4.78, 5) is 12.2. The van der Waals surface area contributed by atoms with Gasteiger partial charge in [0, 0.05) is 5.57 Å². The van der Waals surface area contributed by atoms with Crippen LogP contribution in [-0.2, 0) is 29.0 Å². The zero-order valence-corrected chi connectivity index (χ0v) is 13.1. The number of aryl methyl sites for hydroxylation is 1. The van der Waals surface area contributed by atoms with Crippen molar-refractivity contribution in [2.75, 3.05) is 0 Å². The van der Waals surface area contributed by atoms with Crippen LogP contribution in [0.5, 0.6) is 0 Å². The van der Waals surface area contributed by atoms with Crippen molar-refractivity contribution in [1.82, 2.24) is 0 Å². The van der Waals surface area contributed by atoms with E-state index in [1.165, 1.54) is 11.1 Å². The van der Waals surface area contributed by atoms with E-state index >= 15 is 0 Å². The maximum atomic E-state index is 12.2. The SMILES string of the molecule is CC(C)(C)OC(=O)C1=CCCc2cccc(CO)c2CC1. The molecular weight excluding hydrogens is 264 g/mol. The van der Waals surface area contributed by atoms with Crippen molar-refractivity contribution < 1.29 is 14.6 Å². The summed E-state index contributed by atoms with van der Waals surface area (Å²) < 4.78 is 5.46. The molecular formula is C18H24O3. The zero-order valence-electron chi connectivity index (χ0n) is 13.1. The Bertz CT molecular complexity index is 550.